The average Bonchev–Trinajstić information content (AvgIpc) is 2.27. The number of nitrogens with zero attached hydrogens (tertiary/aromatic N) is 2. The van der Waals surface area contributed by atoms with Gasteiger partial charge < -0.3 is 4.90 Å². The number of hydrogen-bond acceptors (Lipinski definition) is 3. The van der Waals surface area contributed by atoms with Crippen molar-refractivity contribution in [2.24, 2.45) is 4.99 Å². The SMILES string of the molecule is C=CC(S)N1C=c2ccccc2=NC1. The second kappa shape index (κ2) is 3.88. The van der Waals surface area contributed by atoms with E-state index in [0.29, 0.717) is 6.67 Å². The van der Waals surface area contributed by atoms with Crippen LogP contribution >= 0.6 is 12.6 Å². The van der Waals surface area contributed by atoms with Gasteiger partial charge in [-0.05, 0) is 6.07 Å². The van der Waals surface area contributed by atoms with Crippen LogP contribution in [0.2, 0.25) is 0 Å². The minimum absolute atomic E-state index is 0.0344. The third-order valence-corrected chi connectivity index (χ3v) is 2.70. The quantitative estimate of drug-likeness (QED) is 0.555. The van der Waals surface area contributed by atoms with Crippen molar-refractivity contribution in [3.05, 3.63) is 47.5 Å². The van der Waals surface area contributed by atoms with E-state index in [9.17, 15) is 0 Å². The molecule has 3 heteroatoms. The molecular weight excluding hydrogens is 192 g/mol. The Kier molecular flexibility index (Phi) is 2.59. The standard InChI is InChI=1S/C11H12N2S/c1-2-11(14)13-7-9-5-3-4-6-10(9)12-8-13/h2-7,11,14H,1,8H2. The zero-order chi connectivity index (χ0) is 9.97. The summed E-state index contributed by atoms with van der Waals surface area (Å²) < 4.78 is 0. The fraction of sp³-hybridized carbons (Fsp3) is 0.182. The predicted octanol–water partition coefficient (Wildman–Crippen LogP) is 0.759. The van der Waals surface area contributed by atoms with Crippen molar-refractivity contribution in [2.45, 2.75) is 5.37 Å². The van der Waals surface area contributed by atoms with Gasteiger partial charge in [-0.3, -0.25) is 4.99 Å². The lowest BCUT2D eigenvalue weighted by Crippen LogP contribution is -2.38. The average molecular weight is 204 g/mol. The van der Waals surface area contributed by atoms with Gasteiger partial charge in [-0.15, -0.1) is 6.58 Å². The maximum absolute atomic E-state index is 4.44. The van der Waals surface area contributed by atoms with E-state index in [0.717, 1.165) is 10.6 Å². The molecule has 1 aromatic carbocycles. The Morgan fingerprint density at radius 3 is 3.07 bits per heavy atom. The van der Waals surface area contributed by atoms with Crippen molar-refractivity contribution < 1.29 is 0 Å². The lowest BCUT2D eigenvalue weighted by atomic mass is 10.2. The van der Waals surface area contributed by atoms with Crippen LogP contribution in [0.25, 0.3) is 6.20 Å². The first kappa shape index (κ1) is 9.34. The van der Waals surface area contributed by atoms with Crippen LogP contribution in [0.5, 0.6) is 0 Å². The Bertz CT molecular complexity index is 453. The van der Waals surface area contributed by atoms with Crippen molar-refractivity contribution >= 4 is 18.8 Å². The van der Waals surface area contributed by atoms with Gasteiger partial charge in [0.25, 0.3) is 0 Å². The number of benzene rings is 1. The highest BCUT2D eigenvalue weighted by molar-refractivity contribution is 7.81. The van der Waals surface area contributed by atoms with Crippen molar-refractivity contribution in [1.82, 2.24) is 4.90 Å². The molecule has 0 bridgehead atoms. The molecule has 1 atom stereocenters. The molecular formula is C11H12N2S. The molecule has 0 spiro atoms. The highest BCUT2D eigenvalue weighted by Crippen LogP contribution is 2.06. The molecule has 0 amide bonds. The molecule has 1 unspecified atom stereocenters. The molecule has 14 heavy (non-hydrogen) atoms. The first-order valence-corrected chi connectivity index (χ1v) is 5.00. The molecule has 0 aliphatic carbocycles. The second-order valence-corrected chi connectivity index (χ2v) is 3.68. The molecule has 0 saturated carbocycles. The van der Waals surface area contributed by atoms with Gasteiger partial charge in [-0.25, -0.2) is 0 Å². The summed E-state index contributed by atoms with van der Waals surface area (Å²) in [7, 11) is 0. The van der Waals surface area contributed by atoms with E-state index in [4.69, 9.17) is 0 Å². The van der Waals surface area contributed by atoms with Gasteiger partial charge in [0.05, 0.1) is 10.7 Å². The fourth-order valence-electron chi connectivity index (χ4n) is 1.41. The van der Waals surface area contributed by atoms with Gasteiger partial charge in [0.1, 0.15) is 6.67 Å². The molecule has 72 valence electrons. The van der Waals surface area contributed by atoms with E-state index in [-0.39, 0.29) is 5.37 Å². The van der Waals surface area contributed by atoms with Gasteiger partial charge >= 0.3 is 0 Å². The maximum atomic E-state index is 4.44. The number of hydrogen-bond donors (Lipinski definition) is 1. The highest BCUT2D eigenvalue weighted by Gasteiger charge is 2.08. The highest BCUT2D eigenvalue weighted by atomic mass is 32.1. The first-order valence-electron chi connectivity index (χ1n) is 4.49. The van der Waals surface area contributed by atoms with E-state index < -0.39 is 0 Å². The Labute approximate surface area is 88.7 Å². The minimum atomic E-state index is 0.0344. The molecule has 0 radical (unpaired) electrons. The minimum Gasteiger partial charge on any atom is -0.343 e. The second-order valence-electron chi connectivity index (χ2n) is 3.15. The number of thiol groups is 1. The van der Waals surface area contributed by atoms with Crippen LogP contribution in [0.3, 0.4) is 0 Å². The normalized spacial score (nSPS) is 16.2. The lowest BCUT2D eigenvalue weighted by molar-refractivity contribution is 0.432. The Morgan fingerprint density at radius 2 is 2.29 bits per heavy atom. The van der Waals surface area contributed by atoms with Crippen LogP contribution in [0.4, 0.5) is 0 Å². The Hall–Kier alpha value is -1.22. The van der Waals surface area contributed by atoms with Crippen LogP contribution in [0.15, 0.2) is 41.9 Å². The first-order chi connectivity index (χ1) is 6.81. The molecule has 2 nitrogen and oxygen atoms in total. The summed E-state index contributed by atoms with van der Waals surface area (Å²) in [5.41, 5.74) is 0. The largest absolute Gasteiger partial charge is 0.343 e. The van der Waals surface area contributed by atoms with Crippen LogP contribution in [0.1, 0.15) is 0 Å². The molecule has 1 aliphatic heterocycles. The summed E-state index contributed by atoms with van der Waals surface area (Å²) in [5, 5.41) is 2.22. The van der Waals surface area contributed by atoms with Crippen LogP contribution < -0.4 is 10.6 Å². The Balaban J connectivity index is 2.43. The monoisotopic (exact) mass is 204 g/mol. The molecule has 1 aliphatic rings. The summed E-state index contributed by atoms with van der Waals surface area (Å²) in [4.78, 5) is 6.48. The maximum Gasteiger partial charge on any atom is 0.111 e. The molecule has 1 aromatic rings. The van der Waals surface area contributed by atoms with Gasteiger partial charge in [0.15, 0.2) is 0 Å². The van der Waals surface area contributed by atoms with E-state index in [1.165, 1.54) is 0 Å². The van der Waals surface area contributed by atoms with Gasteiger partial charge in [-0.2, -0.15) is 12.6 Å². The summed E-state index contributed by atoms with van der Waals surface area (Å²) in [5.74, 6) is 0. The molecule has 1 heterocycles. The zero-order valence-electron chi connectivity index (χ0n) is 7.80. The number of para-hydroxylation sites is 1. The molecule has 0 saturated heterocycles. The number of fused-ring (bicyclic) bond motifs is 1. The summed E-state index contributed by atoms with van der Waals surface area (Å²) >= 11 is 4.38. The van der Waals surface area contributed by atoms with Crippen LogP contribution in [-0.4, -0.2) is 16.9 Å². The van der Waals surface area contributed by atoms with Crippen molar-refractivity contribution in [3.63, 3.8) is 0 Å². The smallest absolute Gasteiger partial charge is 0.111 e. The van der Waals surface area contributed by atoms with Gasteiger partial charge in [0.2, 0.25) is 0 Å². The third kappa shape index (κ3) is 1.68. The van der Waals surface area contributed by atoms with Gasteiger partial charge in [0, 0.05) is 11.4 Å². The lowest BCUT2D eigenvalue weighted by Gasteiger charge is -2.24. The van der Waals surface area contributed by atoms with Crippen molar-refractivity contribution in [2.75, 3.05) is 6.67 Å². The molecule has 2 rings (SSSR count). The third-order valence-electron chi connectivity index (χ3n) is 2.20. The zero-order valence-corrected chi connectivity index (χ0v) is 8.69. The Morgan fingerprint density at radius 1 is 1.50 bits per heavy atom. The van der Waals surface area contributed by atoms with Crippen molar-refractivity contribution in [3.8, 4) is 0 Å². The van der Waals surface area contributed by atoms with Crippen LogP contribution in [-0.2, 0) is 0 Å². The van der Waals surface area contributed by atoms with E-state index in [1.54, 1.807) is 6.08 Å². The van der Waals surface area contributed by atoms with Crippen LogP contribution in [0, 0.1) is 0 Å². The topological polar surface area (TPSA) is 15.6 Å². The van der Waals surface area contributed by atoms with E-state index in [1.807, 2.05) is 23.1 Å². The summed E-state index contributed by atoms with van der Waals surface area (Å²) in [6.45, 7) is 4.36. The summed E-state index contributed by atoms with van der Waals surface area (Å²) in [6, 6.07) is 8.08. The van der Waals surface area contributed by atoms with Gasteiger partial charge in [-0.1, -0.05) is 24.3 Å². The van der Waals surface area contributed by atoms with E-state index in [2.05, 4.69) is 36.5 Å². The fourth-order valence-corrected chi connectivity index (χ4v) is 1.55. The number of rotatable bonds is 2. The van der Waals surface area contributed by atoms with E-state index >= 15 is 0 Å². The summed E-state index contributed by atoms with van der Waals surface area (Å²) in [6.07, 6.45) is 3.87. The molecule has 0 fully saturated rings. The molecule has 0 N–H and O–H groups in total. The molecule has 0 aromatic heterocycles. The van der Waals surface area contributed by atoms with Crippen molar-refractivity contribution in [1.29, 1.82) is 0 Å². The predicted molar refractivity (Wildman–Crippen MR) is 61.4 cm³/mol.